The molecule has 0 aliphatic carbocycles. The van der Waals surface area contributed by atoms with Crippen LogP contribution in [0.5, 0.6) is 11.5 Å². The van der Waals surface area contributed by atoms with Crippen molar-refractivity contribution in [2.45, 2.75) is 62.9 Å². The molecule has 3 atom stereocenters. The Balaban J connectivity index is 0.00000552. The maximum absolute atomic E-state index is 13.0. The lowest BCUT2D eigenvalue weighted by Gasteiger charge is -2.27. The summed E-state index contributed by atoms with van der Waals surface area (Å²) in [5.74, 6) is 0.785. The maximum atomic E-state index is 13.0. The summed E-state index contributed by atoms with van der Waals surface area (Å²) in [7, 11) is 3.18. The summed E-state index contributed by atoms with van der Waals surface area (Å²) in [6.45, 7) is 6.26. The molecular formula is C32H39Cl3N4O5S. The maximum Gasteiger partial charge on any atom is 0.310 e. The SMILES string of the molecule is COc1ccc(-c2cnc(SCC(=O)NC(C)[C@@H]3C[C@@H](C(=O)OC(C)(C)CCc4ccc(Cl)c(Cl)c4)CN3)nc2)cc1OC.Cl. The van der Waals surface area contributed by atoms with Gasteiger partial charge in [-0.3, -0.25) is 9.59 Å². The monoisotopic (exact) mass is 696 g/mol. The number of rotatable bonds is 13. The van der Waals surface area contributed by atoms with Gasteiger partial charge in [-0.2, -0.15) is 0 Å². The van der Waals surface area contributed by atoms with E-state index in [1.165, 1.54) is 11.8 Å². The highest BCUT2D eigenvalue weighted by Crippen LogP contribution is 2.32. The Morgan fingerprint density at radius 2 is 1.76 bits per heavy atom. The third kappa shape index (κ3) is 10.4. The summed E-state index contributed by atoms with van der Waals surface area (Å²) < 4.78 is 16.6. The fraction of sp³-hybridized carbons (Fsp3) is 0.438. The van der Waals surface area contributed by atoms with E-state index in [-0.39, 0.29) is 48.0 Å². The standard InChI is InChI=1S/C32H38Cl2N4O5S.ClH/c1-19(26-13-22(15-35-26)30(40)43-32(2,3)11-10-20-6-8-24(33)25(34)12-20)38-29(39)18-44-31-36-16-23(17-37-31)21-7-9-27(41-4)28(14-21)42-5;/h6-9,12,14,16-17,19,22,26,35H,10-11,13,15,18H2,1-5H3,(H,38,39);1H/t19?,22-,26+;/m1./s1. The molecule has 1 aliphatic rings. The second-order valence-electron chi connectivity index (χ2n) is 11.3. The van der Waals surface area contributed by atoms with Crippen molar-refractivity contribution in [3.05, 3.63) is 64.4 Å². The number of hydrogen-bond acceptors (Lipinski definition) is 9. The zero-order valence-corrected chi connectivity index (χ0v) is 29.0. The number of amides is 1. The van der Waals surface area contributed by atoms with E-state index >= 15 is 0 Å². The molecule has 1 fully saturated rings. The van der Waals surface area contributed by atoms with Gasteiger partial charge in [0.05, 0.1) is 35.9 Å². The highest BCUT2D eigenvalue weighted by molar-refractivity contribution is 7.99. The number of aryl methyl sites for hydroxylation is 1. The van der Waals surface area contributed by atoms with Crippen molar-refractivity contribution in [1.29, 1.82) is 0 Å². The zero-order chi connectivity index (χ0) is 31.9. The van der Waals surface area contributed by atoms with Crippen LogP contribution in [-0.4, -0.2) is 66.0 Å². The molecule has 0 bridgehead atoms. The average Bonchev–Trinajstić information content (AvgIpc) is 3.51. The minimum atomic E-state index is -0.639. The minimum Gasteiger partial charge on any atom is -0.493 e. The number of carbonyl (C=O) groups excluding carboxylic acids is 2. The summed E-state index contributed by atoms with van der Waals surface area (Å²) in [5.41, 5.74) is 2.11. The first kappa shape index (κ1) is 36.7. The Labute approximate surface area is 284 Å². The number of benzene rings is 2. The van der Waals surface area contributed by atoms with E-state index in [1.54, 1.807) is 32.7 Å². The van der Waals surface area contributed by atoms with Crippen LogP contribution in [0.25, 0.3) is 11.1 Å². The average molecular weight is 698 g/mol. The van der Waals surface area contributed by atoms with Crippen LogP contribution in [0, 0.1) is 5.92 Å². The van der Waals surface area contributed by atoms with Crippen molar-refractivity contribution >= 4 is 59.2 Å². The van der Waals surface area contributed by atoms with Gasteiger partial charge in [0.25, 0.3) is 0 Å². The van der Waals surface area contributed by atoms with Crippen molar-refractivity contribution in [1.82, 2.24) is 20.6 Å². The smallest absolute Gasteiger partial charge is 0.310 e. The first-order valence-corrected chi connectivity index (χ1v) is 16.1. The number of nitrogens with zero attached hydrogens (tertiary/aromatic N) is 2. The van der Waals surface area contributed by atoms with Gasteiger partial charge < -0.3 is 24.8 Å². The van der Waals surface area contributed by atoms with E-state index in [4.69, 9.17) is 37.4 Å². The Morgan fingerprint density at radius 3 is 2.42 bits per heavy atom. The molecule has 3 aromatic rings. The van der Waals surface area contributed by atoms with Crippen molar-refractivity contribution < 1.29 is 23.8 Å². The van der Waals surface area contributed by atoms with Crippen molar-refractivity contribution in [2.24, 2.45) is 5.92 Å². The molecule has 0 radical (unpaired) electrons. The fourth-order valence-electron chi connectivity index (χ4n) is 4.96. The third-order valence-corrected chi connectivity index (χ3v) is 9.16. The number of nitrogens with one attached hydrogen (secondary N) is 2. The highest BCUT2D eigenvalue weighted by atomic mass is 35.5. The molecule has 1 amide bonds. The molecule has 2 aromatic carbocycles. The third-order valence-electron chi connectivity index (χ3n) is 7.54. The Hall–Kier alpha value is -2.76. The van der Waals surface area contributed by atoms with E-state index in [9.17, 15) is 9.59 Å². The van der Waals surface area contributed by atoms with Crippen molar-refractivity contribution in [3.8, 4) is 22.6 Å². The molecule has 2 N–H and O–H groups in total. The fourth-order valence-corrected chi connectivity index (χ4v) is 5.88. The molecule has 2 heterocycles. The number of aromatic nitrogens is 2. The number of methoxy groups -OCH3 is 2. The van der Waals surface area contributed by atoms with Crippen LogP contribution in [-0.2, 0) is 20.7 Å². The van der Waals surface area contributed by atoms with E-state index in [0.717, 1.165) is 16.7 Å². The van der Waals surface area contributed by atoms with Gasteiger partial charge in [-0.1, -0.05) is 47.1 Å². The van der Waals surface area contributed by atoms with Crippen molar-refractivity contribution in [2.75, 3.05) is 26.5 Å². The molecule has 13 heteroatoms. The van der Waals surface area contributed by atoms with Crippen LogP contribution in [0.2, 0.25) is 10.0 Å². The Bertz CT molecular complexity index is 1460. The van der Waals surface area contributed by atoms with Gasteiger partial charge in [0.15, 0.2) is 16.7 Å². The minimum absolute atomic E-state index is 0. The van der Waals surface area contributed by atoms with Crippen molar-refractivity contribution in [3.63, 3.8) is 0 Å². The second kappa shape index (κ2) is 16.7. The van der Waals surface area contributed by atoms with E-state index < -0.39 is 5.60 Å². The number of hydrogen-bond donors (Lipinski definition) is 2. The molecule has 9 nitrogen and oxygen atoms in total. The van der Waals surface area contributed by atoms with Crippen LogP contribution < -0.4 is 20.1 Å². The summed E-state index contributed by atoms with van der Waals surface area (Å²) >= 11 is 13.4. The summed E-state index contributed by atoms with van der Waals surface area (Å²) in [6, 6.07) is 10.9. The van der Waals surface area contributed by atoms with Crippen LogP contribution >= 0.6 is 47.4 Å². The highest BCUT2D eigenvalue weighted by Gasteiger charge is 2.36. The molecule has 0 spiro atoms. The Kier molecular flexibility index (Phi) is 13.6. The van der Waals surface area contributed by atoms with Gasteiger partial charge in [-0.25, -0.2) is 9.97 Å². The lowest BCUT2D eigenvalue weighted by Crippen LogP contribution is -2.46. The van der Waals surface area contributed by atoms with E-state index in [1.807, 2.05) is 51.1 Å². The first-order valence-electron chi connectivity index (χ1n) is 14.3. The topological polar surface area (TPSA) is 112 Å². The summed E-state index contributed by atoms with van der Waals surface area (Å²) in [6.07, 6.45) is 5.36. The molecule has 244 valence electrons. The number of esters is 1. The number of thioether (sulfide) groups is 1. The molecule has 1 aliphatic heterocycles. The van der Waals surface area contributed by atoms with Gasteiger partial charge in [-0.05, 0) is 75.4 Å². The molecule has 1 aromatic heterocycles. The predicted molar refractivity (Wildman–Crippen MR) is 181 cm³/mol. The lowest BCUT2D eigenvalue weighted by molar-refractivity contribution is -0.161. The molecule has 0 saturated carbocycles. The van der Waals surface area contributed by atoms with Gasteiger partial charge in [0, 0.05) is 36.6 Å². The summed E-state index contributed by atoms with van der Waals surface area (Å²) in [4.78, 5) is 34.5. The summed E-state index contributed by atoms with van der Waals surface area (Å²) in [5, 5.41) is 7.92. The first-order chi connectivity index (χ1) is 21.0. The van der Waals surface area contributed by atoms with Gasteiger partial charge in [0.2, 0.25) is 5.91 Å². The number of carbonyl (C=O) groups is 2. The van der Waals surface area contributed by atoms with E-state index in [2.05, 4.69) is 20.6 Å². The van der Waals surface area contributed by atoms with Crippen LogP contribution in [0.4, 0.5) is 0 Å². The molecule has 4 rings (SSSR count). The largest absolute Gasteiger partial charge is 0.493 e. The molecule has 1 saturated heterocycles. The normalized spacial score (nSPS) is 16.8. The predicted octanol–water partition coefficient (Wildman–Crippen LogP) is 6.42. The molecule has 45 heavy (non-hydrogen) atoms. The van der Waals surface area contributed by atoms with Gasteiger partial charge >= 0.3 is 5.97 Å². The van der Waals surface area contributed by atoms with Gasteiger partial charge in [-0.15, -0.1) is 12.4 Å². The van der Waals surface area contributed by atoms with E-state index in [0.29, 0.717) is 52.5 Å². The second-order valence-corrected chi connectivity index (χ2v) is 13.1. The number of ether oxygens (including phenoxy) is 3. The van der Waals surface area contributed by atoms with Gasteiger partial charge in [0.1, 0.15) is 5.60 Å². The Morgan fingerprint density at radius 1 is 1.04 bits per heavy atom. The van der Waals surface area contributed by atoms with Crippen LogP contribution in [0.1, 0.15) is 39.2 Å². The number of halogens is 3. The quantitative estimate of drug-likeness (QED) is 0.119. The van der Waals surface area contributed by atoms with Crippen LogP contribution in [0.3, 0.4) is 0 Å². The zero-order valence-electron chi connectivity index (χ0n) is 25.9. The van der Waals surface area contributed by atoms with Crippen LogP contribution in [0.15, 0.2) is 53.9 Å². The molecule has 1 unspecified atom stereocenters. The lowest BCUT2D eigenvalue weighted by atomic mass is 9.97. The molecular weight excluding hydrogens is 659 g/mol.